The van der Waals surface area contributed by atoms with Gasteiger partial charge < -0.3 is 29.7 Å². The number of halogens is 3. The van der Waals surface area contributed by atoms with Crippen LogP contribution in [0.1, 0.15) is 0 Å². The van der Waals surface area contributed by atoms with E-state index in [4.69, 9.17) is 0 Å². The molecule has 0 aromatic carbocycles. The summed E-state index contributed by atoms with van der Waals surface area (Å²) in [6.07, 6.45) is 2.88. The van der Waals surface area contributed by atoms with Crippen LogP contribution in [0.5, 0.6) is 0 Å². The minimum absolute atomic E-state index is 0. The van der Waals surface area contributed by atoms with Gasteiger partial charge in [-0.05, 0) is 30.5 Å². The van der Waals surface area contributed by atoms with E-state index in [-0.39, 0.29) is 17.4 Å². The van der Waals surface area contributed by atoms with Gasteiger partial charge in [0.2, 0.25) is 0 Å². The molecule has 0 N–H and O–H groups in total. The predicted molar refractivity (Wildman–Crippen MR) is 90.3 cm³/mol. The van der Waals surface area contributed by atoms with Gasteiger partial charge >= 0.3 is 17.4 Å². The van der Waals surface area contributed by atoms with Gasteiger partial charge in [-0.3, -0.25) is 0 Å². The first-order valence-electron chi connectivity index (χ1n) is 3.75. The molecule has 0 saturated heterocycles. The van der Waals surface area contributed by atoms with Gasteiger partial charge in [0, 0.05) is 0 Å². The number of carbonyl (C=O) groups excluding carboxylic acids is 3. The Balaban J connectivity index is -0.0000000865. The van der Waals surface area contributed by atoms with Gasteiger partial charge in [0.1, 0.15) is 0 Å². The second kappa shape index (κ2) is 23.4. The van der Waals surface area contributed by atoms with E-state index in [1.165, 1.54) is 12.2 Å². The molecule has 102 valence electrons. The van der Waals surface area contributed by atoms with Crippen LogP contribution in [0.15, 0.2) is 30.5 Å². The smallest absolute Gasteiger partial charge is 0.545 e. The van der Waals surface area contributed by atoms with Crippen molar-refractivity contribution in [2.45, 2.75) is 0 Å². The number of hydrogen-bond donors (Lipinski definition) is 0. The van der Waals surface area contributed by atoms with Crippen molar-refractivity contribution in [3.8, 4) is 0 Å². The third-order valence-corrected chi connectivity index (χ3v) is 1.68. The number of carboxylic acid groups (broad SMARTS) is 3. The molecular formula is C9H6AlI3O6. The summed E-state index contributed by atoms with van der Waals surface area (Å²) in [5, 5.41) is 28.2. The summed E-state index contributed by atoms with van der Waals surface area (Å²) < 4.78 is 4.15. The van der Waals surface area contributed by atoms with E-state index in [2.05, 4.69) is 0 Å². The van der Waals surface area contributed by atoms with Crippen molar-refractivity contribution in [3.05, 3.63) is 30.5 Å². The Morgan fingerprint density at radius 3 is 0.789 bits per heavy atom. The molecule has 0 aromatic heterocycles. The molecule has 0 bridgehead atoms. The molecule has 6 nitrogen and oxygen atoms in total. The standard InChI is InChI=1S/3C3H3IO2.Al/c3*4-2-1-3(5)6;/h3*1-2H,(H,5,6);/q;;;+3/p-3. The first kappa shape index (κ1) is 27.7. The van der Waals surface area contributed by atoms with E-state index in [9.17, 15) is 29.7 Å². The van der Waals surface area contributed by atoms with Crippen molar-refractivity contribution < 1.29 is 29.7 Å². The molecule has 0 atom stereocenters. The minimum Gasteiger partial charge on any atom is -0.545 e. The molecule has 0 radical (unpaired) electrons. The molecule has 0 aliphatic rings. The van der Waals surface area contributed by atoms with Crippen LogP contribution in [0, 0.1) is 0 Å². The molecule has 19 heavy (non-hydrogen) atoms. The van der Waals surface area contributed by atoms with E-state index in [0.717, 1.165) is 18.2 Å². The van der Waals surface area contributed by atoms with Crippen LogP contribution in [0.4, 0.5) is 0 Å². The van der Waals surface area contributed by atoms with Crippen LogP contribution in [-0.4, -0.2) is 35.3 Å². The zero-order valence-electron chi connectivity index (χ0n) is 9.12. The first-order chi connectivity index (χ1) is 8.31. The maximum atomic E-state index is 9.40. The zero-order valence-corrected chi connectivity index (χ0v) is 16.8. The monoisotopic (exact) mass is 618 g/mol. The summed E-state index contributed by atoms with van der Waals surface area (Å²) in [4.78, 5) is 28.2. The van der Waals surface area contributed by atoms with Crippen molar-refractivity contribution in [2.24, 2.45) is 0 Å². The van der Waals surface area contributed by atoms with Gasteiger partial charge in [-0.2, -0.15) is 0 Å². The maximum absolute atomic E-state index is 9.40. The number of hydrogen-bond acceptors (Lipinski definition) is 6. The van der Waals surface area contributed by atoms with Crippen molar-refractivity contribution in [1.29, 1.82) is 0 Å². The number of aliphatic carboxylic acids is 3. The van der Waals surface area contributed by atoms with E-state index in [1.807, 2.05) is 0 Å². The Hall–Kier alpha value is 0.352. The second-order valence-electron chi connectivity index (χ2n) is 1.84. The molecule has 0 aliphatic heterocycles. The molecule has 0 saturated carbocycles. The van der Waals surface area contributed by atoms with Crippen molar-refractivity contribution in [3.63, 3.8) is 0 Å². The molecule has 0 aromatic rings. The number of rotatable bonds is 3. The zero-order chi connectivity index (χ0) is 15.0. The van der Waals surface area contributed by atoms with Crippen LogP contribution in [0.25, 0.3) is 0 Å². The molecule has 0 heterocycles. The fourth-order valence-corrected chi connectivity index (χ4v) is 1.04. The van der Waals surface area contributed by atoms with E-state index in [0.29, 0.717) is 0 Å². The molecule has 0 aliphatic carbocycles. The fourth-order valence-electron chi connectivity index (χ4n) is 0.154. The largest absolute Gasteiger partial charge is 3.00 e. The molecular weight excluding hydrogens is 612 g/mol. The summed E-state index contributed by atoms with van der Waals surface area (Å²) in [5.41, 5.74) is 0. The SMILES string of the molecule is O=C([O-])C=CI.O=C([O-])C=CI.O=C([O-])C=CI.[Al+3]. The average molecular weight is 618 g/mol. The normalized spacial score (nSPS) is 9.00. The number of carboxylic acids is 3. The van der Waals surface area contributed by atoms with Crippen LogP contribution >= 0.6 is 67.8 Å². The van der Waals surface area contributed by atoms with Crippen molar-refractivity contribution in [1.82, 2.24) is 0 Å². The van der Waals surface area contributed by atoms with E-state index in [1.54, 1.807) is 67.8 Å². The number of carbonyl (C=O) groups is 3. The van der Waals surface area contributed by atoms with E-state index < -0.39 is 17.9 Å². The Labute approximate surface area is 161 Å². The molecule has 0 fully saturated rings. The Morgan fingerprint density at radius 1 is 0.632 bits per heavy atom. The van der Waals surface area contributed by atoms with Gasteiger partial charge in [-0.1, -0.05) is 67.8 Å². The minimum atomic E-state index is -1.15. The fraction of sp³-hybridized carbons (Fsp3) is 0. The quantitative estimate of drug-likeness (QED) is 0.220. The summed E-state index contributed by atoms with van der Waals surface area (Å²) >= 11 is 5.40. The van der Waals surface area contributed by atoms with Crippen LogP contribution < -0.4 is 15.3 Å². The Kier molecular flexibility index (Phi) is 34.1. The van der Waals surface area contributed by atoms with Gasteiger partial charge in [-0.25, -0.2) is 0 Å². The van der Waals surface area contributed by atoms with Crippen LogP contribution in [-0.2, 0) is 14.4 Å². The second-order valence-corrected chi connectivity index (χ2v) is 3.99. The maximum Gasteiger partial charge on any atom is 3.00 e. The Bertz CT molecular complexity index is 289. The molecule has 10 heteroatoms. The summed E-state index contributed by atoms with van der Waals surface area (Å²) in [6.45, 7) is 0. The predicted octanol–water partition coefficient (Wildman–Crippen LogP) is -1.33. The van der Waals surface area contributed by atoms with Crippen LogP contribution in [0.3, 0.4) is 0 Å². The van der Waals surface area contributed by atoms with Gasteiger partial charge in [0.15, 0.2) is 0 Å². The topological polar surface area (TPSA) is 120 Å². The third kappa shape index (κ3) is 56.1. The average Bonchev–Trinajstić information content (AvgIpc) is 2.18. The van der Waals surface area contributed by atoms with Crippen LogP contribution in [0.2, 0.25) is 0 Å². The van der Waals surface area contributed by atoms with Crippen molar-refractivity contribution in [2.75, 3.05) is 0 Å². The summed E-state index contributed by atoms with van der Waals surface area (Å²) in [7, 11) is 0. The molecule has 0 unspecified atom stereocenters. The van der Waals surface area contributed by atoms with E-state index >= 15 is 0 Å². The first-order valence-corrected chi connectivity index (χ1v) is 7.48. The van der Waals surface area contributed by atoms with Crippen molar-refractivity contribution >= 4 is 103 Å². The molecule has 0 rings (SSSR count). The Morgan fingerprint density at radius 2 is 0.789 bits per heavy atom. The third-order valence-electron chi connectivity index (χ3n) is 0.597. The molecule has 0 amide bonds. The summed E-state index contributed by atoms with van der Waals surface area (Å²) in [6, 6.07) is 0. The molecule has 0 spiro atoms. The van der Waals surface area contributed by atoms with Gasteiger partial charge in [0.05, 0.1) is 17.9 Å². The van der Waals surface area contributed by atoms with Gasteiger partial charge in [-0.15, -0.1) is 0 Å². The summed E-state index contributed by atoms with van der Waals surface area (Å²) in [5.74, 6) is -3.45. The van der Waals surface area contributed by atoms with Gasteiger partial charge in [0.25, 0.3) is 0 Å².